The fraction of sp³-hybridized carbons (Fsp3) is 0.263. The second kappa shape index (κ2) is 6.63. The van der Waals surface area contributed by atoms with E-state index >= 15 is 0 Å². The molecule has 1 aliphatic rings. The summed E-state index contributed by atoms with van der Waals surface area (Å²) in [7, 11) is 3.22. The van der Waals surface area contributed by atoms with Crippen LogP contribution in [-0.2, 0) is 6.54 Å². The van der Waals surface area contributed by atoms with Crippen molar-refractivity contribution < 1.29 is 14.6 Å². The molecule has 6 nitrogen and oxygen atoms in total. The second-order valence-corrected chi connectivity index (χ2v) is 6.55. The van der Waals surface area contributed by atoms with Crippen LogP contribution in [0.15, 0.2) is 36.7 Å². The van der Waals surface area contributed by atoms with Crippen molar-refractivity contribution in [1.82, 2.24) is 9.97 Å². The van der Waals surface area contributed by atoms with Crippen molar-refractivity contribution in [3.05, 3.63) is 52.8 Å². The number of hydrogen-bond donors (Lipinski definition) is 1. The first-order valence-electron chi connectivity index (χ1n) is 8.19. The standard InChI is InChI=1S/C19H18ClN3O3/c1-25-16-5-6-17(26-2)18-13(16)8-23(9-15(18)24)19-12-4-3-11(20)7-14(12)21-10-22-19/h3-7,10,15,24H,8-9H2,1-2H3. The SMILES string of the molecule is COc1ccc(OC)c2c1CN(c1ncnc3cc(Cl)ccc13)CC2O. The average Bonchev–Trinajstić information content (AvgIpc) is 2.66. The third-order valence-corrected chi connectivity index (χ3v) is 4.90. The van der Waals surface area contributed by atoms with Gasteiger partial charge in [0, 0.05) is 28.1 Å². The number of rotatable bonds is 3. The Morgan fingerprint density at radius 3 is 2.65 bits per heavy atom. The van der Waals surface area contributed by atoms with Crippen molar-refractivity contribution in [2.24, 2.45) is 0 Å². The lowest BCUT2D eigenvalue weighted by Crippen LogP contribution is -2.35. The number of methoxy groups -OCH3 is 2. The van der Waals surface area contributed by atoms with Crippen molar-refractivity contribution in [3.63, 3.8) is 0 Å². The summed E-state index contributed by atoms with van der Waals surface area (Å²) >= 11 is 6.08. The number of β-amino-alcohol motifs (C(OH)–C–C–N with tert-alkyl or cyclic N) is 1. The van der Waals surface area contributed by atoms with E-state index in [4.69, 9.17) is 21.1 Å². The number of benzene rings is 2. The number of hydrogen-bond acceptors (Lipinski definition) is 6. The molecule has 0 radical (unpaired) electrons. The average molecular weight is 372 g/mol. The Balaban J connectivity index is 1.83. The predicted octanol–water partition coefficient (Wildman–Crippen LogP) is 3.35. The van der Waals surface area contributed by atoms with Crippen LogP contribution in [0, 0.1) is 0 Å². The molecular formula is C19H18ClN3O3. The van der Waals surface area contributed by atoms with Gasteiger partial charge < -0.3 is 19.5 Å². The topological polar surface area (TPSA) is 67.7 Å². The van der Waals surface area contributed by atoms with E-state index in [9.17, 15) is 5.11 Å². The largest absolute Gasteiger partial charge is 0.496 e. The van der Waals surface area contributed by atoms with E-state index in [0.717, 1.165) is 27.8 Å². The van der Waals surface area contributed by atoms with Crippen LogP contribution in [0.5, 0.6) is 11.5 Å². The van der Waals surface area contributed by atoms with Gasteiger partial charge in [-0.3, -0.25) is 0 Å². The molecule has 0 spiro atoms. The molecule has 134 valence electrons. The Kier molecular flexibility index (Phi) is 4.30. The second-order valence-electron chi connectivity index (χ2n) is 6.12. The van der Waals surface area contributed by atoms with Crippen molar-refractivity contribution >= 4 is 28.3 Å². The summed E-state index contributed by atoms with van der Waals surface area (Å²) < 4.78 is 10.9. The normalized spacial score (nSPS) is 16.5. The van der Waals surface area contributed by atoms with Crippen molar-refractivity contribution in [3.8, 4) is 11.5 Å². The van der Waals surface area contributed by atoms with Gasteiger partial charge in [-0.2, -0.15) is 0 Å². The van der Waals surface area contributed by atoms with Crippen molar-refractivity contribution in [2.75, 3.05) is 25.7 Å². The van der Waals surface area contributed by atoms with Crippen LogP contribution >= 0.6 is 11.6 Å². The molecule has 2 heterocycles. The zero-order valence-electron chi connectivity index (χ0n) is 14.4. The molecule has 1 unspecified atom stereocenters. The zero-order valence-corrected chi connectivity index (χ0v) is 15.2. The highest BCUT2D eigenvalue weighted by Crippen LogP contribution is 2.41. The van der Waals surface area contributed by atoms with E-state index in [1.165, 1.54) is 6.33 Å². The fourth-order valence-corrected chi connectivity index (χ4v) is 3.67. The summed E-state index contributed by atoms with van der Waals surface area (Å²) in [5, 5.41) is 12.3. The van der Waals surface area contributed by atoms with Crippen LogP contribution in [-0.4, -0.2) is 35.8 Å². The van der Waals surface area contributed by atoms with Crippen LogP contribution in [0.3, 0.4) is 0 Å². The Morgan fingerprint density at radius 1 is 1.12 bits per heavy atom. The fourth-order valence-electron chi connectivity index (χ4n) is 3.51. The van der Waals surface area contributed by atoms with Gasteiger partial charge in [0.25, 0.3) is 0 Å². The lowest BCUT2D eigenvalue weighted by atomic mass is 9.95. The molecule has 1 atom stereocenters. The molecule has 7 heteroatoms. The summed E-state index contributed by atoms with van der Waals surface area (Å²) in [6.07, 6.45) is 0.791. The molecule has 0 saturated carbocycles. The number of nitrogens with zero attached hydrogens (tertiary/aromatic N) is 3. The summed E-state index contributed by atoms with van der Waals surface area (Å²) in [5.74, 6) is 2.12. The Bertz CT molecular complexity index is 980. The molecule has 0 saturated heterocycles. The Hall–Kier alpha value is -2.57. The molecule has 0 bridgehead atoms. The van der Waals surface area contributed by atoms with Gasteiger partial charge in [0.15, 0.2) is 0 Å². The highest BCUT2D eigenvalue weighted by molar-refractivity contribution is 6.31. The third kappa shape index (κ3) is 2.71. The lowest BCUT2D eigenvalue weighted by Gasteiger charge is -2.35. The summed E-state index contributed by atoms with van der Waals surface area (Å²) in [6.45, 7) is 0.937. The first-order valence-corrected chi connectivity index (χ1v) is 8.57. The van der Waals surface area contributed by atoms with Gasteiger partial charge >= 0.3 is 0 Å². The van der Waals surface area contributed by atoms with Crippen LogP contribution in [0.2, 0.25) is 5.02 Å². The number of aromatic nitrogens is 2. The minimum Gasteiger partial charge on any atom is -0.496 e. The lowest BCUT2D eigenvalue weighted by molar-refractivity contribution is 0.169. The highest BCUT2D eigenvalue weighted by atomic mass is 35.5. The van der Waals surface area contributed by atoms with Crippen LogP contribution in [0.4, 0.5) is 5.82 Å². The number of ether oxygens (including phenoxy) is 2. The van der Waals surface area contributed by atoms with E-state index in [0.29, 0.717) is 29.6 Å². The number of aliphatic hydroxyl groups is 1. The van der Waals surface area contributed by atoms with Crippen LogP contribution in [0.25, 0.3) is 10.9 Å². The molecule has 0 aliphatic carbocycles. The van der Waals surface area contributed by atoms with Crippen LogP contribution in [0.1, 0.15) is 17.2 Å². The number of aliphatic hydroxyl groups excluding tert-OH is 1. The minimum atomic E-state index is -0.721. The summed E-state index contributed by atoms with van der Waals surface area (Å²) in [5.41, 5.74) is 2.43. The van der Waals surface area contributed by atoms with Crippen molar-refractivity contribution in [1.29, 1.82) is 0 Å². The zero-order chi connectivity index (χ0) is 18.3. The molecule has 26 heavy (non-hydrogen) atoms. The monoisotopic (exact) mass is 371 g/mol. The molecule has 1 N–H and O–H groups in total. The van der Waals surface area contributed by atoms with Gasteiger partial charge in [0.1, 0.15) is 29.7 Å². The first-order chi connectivity index (χ1) is 12.6. The molecular weight excluding hydrogens is 354 g/mol. The maximum atomic E-state index is 10.8. The first kappa shape index (κ1) is 16.9. The van der Waals surface area contributed by atoms with Crippen LogP contribution < -0.4 is 14.4 Å². The third-order valence-electron chi connectivity index (χ3n) is 4.67. The van der Waals surface area contributed by atoms with E-state index in [1.54, 1.807) is 20.3 Å². The summed E-state index contributed by atoms with van der Waals surface area (Å²) in [6, 6.07) is 9.19. The number of anilines is 1. The number of halogens is 1. The summed E-state index contributed by atoms with van der Waals surface area (Å²) in [4.78, 5) is 10.8. The predicted molar refractivity (Wildman–Crippen MR) is 100 cm³/mol. The molecule has 1 aromatic heterocycles. The quantitative estimate of drug-likeness (QED) is 0.761. The van der Waals surface area contributed by atoms with Gasteiger partial charge in [-0.1, -0.05) is 11.6 Å². The van der Waals surface area contributed by atoms with Gasteiger partial charge in [0.2, 0.25) is 0 Å². The van der Waals surface area contributed by atoms with Gasteiger partial charge in [-0.05, 0) is 30.3 Å². The highest BCUT2D eigenvalue weighted by Gasteiger charge is 2.31. The molecule has 2 aromatic carbocycles. The number of fused-ring (bicyclic) bond motifs is 2. The molecule has 0 fully saturated rings. The maximum Gasteiger partial charge on any atom is 0.140 e. The van der Waals surface area contributed by atoms with Crippen molar-refractivity contribution in [2.45, 2.75) is 12.6 Å². The minimum absolute atomic E-state index is 0.394. The molecule has 4 rings (SSSR count). The Morgan fingerprint density at radius 2 is 1.88 bits per heavy atom. The van der Waals surface area contributed by atoms with Gasteiger partial charge in [-0.15, -0.1) is 0 Å². The molecule has 0 amide bonds. The van der Waals surface area contributed by atoms with E-state index in [1.807, 2.05) is 29.2 Å². The Labute approximate surface area is 156 Å². The smallest absolute Gasteiger partial charge is 0.140 e. The van der Waals surface area contributed by atoms with Gasteiger partial charge in [0.05, 0.1) is 26.3 Å². The molecule has 3 aromatic rings. The van der Waals surface area contributed by atoms with E-state index < -0.39 is 6.10 Å². The van der Waals surface area contributed by atoms with Gasteiger partial charge in [-0.25, -0.2) is 9.97 Å². The maximum absolute atomic E-state index is 10.8. The van der Waals surface area contributed by atoms with E-state index in [-0.39, 0.29) is 0 Å². The molecule has 1 aliphatic heterocycles. The van der Waals surface area contributed by atoms with E-state index in [2.05, 4.69) is 9.97 Å².